The summed E-state index contributed by atoms with van der Waals surface area (Å²) in [5, 5.41) is 5.55. The van der Waals surface area contributed by atoms with Gasteiger partial charge in [0.15, 0.2) is 0 Å². The molecule has 53 heavy (non-hydrogen) atoms. The van der Waals surface area contributed by atoms with Gasteiger partial charge < -0.3 is 9.32 Å². The van der Waals surface area contributed by atoms with Gasteiger partial charge in [-0.1, -0.05) is 140 Å². The summed E-state index contributed by atoms with van der Waals surface area (Å²) >= 11 is 0. The molecule has 4 nitrogen and oxygen atoms in total. The van der Waals surface area contributed by atoms with Crippen LogP contribution in [0, 0.1) is 5.92 Å². The number of likely N-dealkylation sites (N-methyl/N-ethyl adjacent to an activating group) is 1. The number of pyridine rings is 1. The maximum absolute atomic E-state index is 6.73. The molecule has 0 N–H and O–H groups in total. The molecule has 0 saturated heterocycles. The fraction of sp³-hybridized carbons (Fsp3) is 0.163. The molecule has 0 bridgehead atoms. The first-order chi connectivity index (χ1) is 26.2. The van der Waals surface area contributed by atoms with E-state index in [1.807, 2.05) is 6.07 Å². The third-order valence-electron chi connectivity index (χ3n) is 11.3. The van der Waals surface area contributed by atoms with Gasteiger partial charge in [0.2, 0.25) is 0 Å². The number of benzene rings is 6. The Morgan fingerprint density at radius 3 is 2.30 bits per heavy atom. The fourth-order valence-electron chi connectivity index (χ4n) is 8.63. The van der Waals surface area contributed by atoms with Crippen molar-refractivity contribution in [3.05, 3.63) is 162 Å². The number of furan rings is 1. The zero-order valence-corrected chi connectivity index (χ0v) is 29.8. The van der Waals surface area contributed by atoms with Crippen molar-refractivity contribution in [2.24, 2.45) is 10.9 Å². The van der Waals surface area contributed by atoms with Crippen LogP contribution >= 0.6 is 0 Å². The van der Waals surface area contributed by atoms with Crippen LogP contribution in [0.3, 0.4) is 0 Å². The quantitative estimate of drug-likeness (QED) is 0.169. The molecule has 4 heteroatoms. The van der Waals surface area contributed by atoms with Gasteiger partial charge in [0, 0.05) is 34.9 Å². The van der Waals surface area contributed by atoms with Crippen molar-refractivity contribution < 1.29 is 4.42 Å². The minimum Gasteiger partial charge on any atom is -0.455 e. The van der Waals surface area contributed by atoms with E-state index in [4.69, 9.17) is 14.4 Å². The summed E-state index contributed by atoms with van der Waals surface area (Å²) in [6, 6.07) is 49.4. The van der Waals surface area contributed by atoms with Crippen LogP contribution in [0.5, 0.6) is 0 Å². The molecular weight excluding hydrogens is 647 g/mol. The molecule has 256 valence electrons. The van der Waals surface area contributed by atoms with E-state index in [1.165, 1.54) is 54.0 Å². The summed E-state index contributed by atoms with van der Waals surface area (Å²) in [4.78, 5) is 13.2. The van der Waals surface area contributed by atoms with Crippen LogP contribution < -0.4 is 0 Å². The Morgan fingerprint density at radius 1 is 0.660 bits per heavy atom. The van der Waals surface area contributed by atoms with Gasteiger partial charge in [0.1, 0.15) is 22.7 Å². The summed E-state index contributed by atoms with van der Waals surface area (Å²) in [7, 11) is 2.20. The van der Waals surface area contributed by atoms with Crippen molar-refractivity contribution in [3.8, 4) is 22.4 Å². The Balaban J connectivity index is 1.14. The maximum atomic E-state index is 6.73. The second-order valence-corrected chi connectivity index (χ2v) is 14.5. The molecule has 1 aliphatic carbocycles. The largest absolute Gasteiger partial charge is 0.455 e. The van der Waals surface area contributed by atoms with E-state index in [0.717, 1.165) is 66.8 Å². The van der Waals surface area contributed by atoms with Crippen molar-refractivity contribution in [1.29, 1.82) is 0 Å². The lowest BCUT2D eigenvalue weighted by molar-refractivity contribution is 0.364. The third kappa shape index (κ3) is 5.55. The van der Waals surface area contributed by atoms with Crippen LogP contribution in [0.15, 0.2) is 161 Å². The SMILES string of the molecule is CN1C(C2CCCCC2)=NC(c2cccc(-c3nc4ccc(-c5cccc6ccccc56)cc4c4oc5ccccc5c34)c2)=C=C[C@H]1c1ccccc1. The van der Waals surface area contributed by atoms with Gasteiger partial charge in [-0.25, -0.2) is 9.98 Å². The van der Waals surface area contributed by atoms with E-state index in [-0.39, 0.29) is 6.04 Å². The molecule has 2 aromatic heterocycles. The normalized spacial score (nSPS) is 16.7. The highest BCUT2D eigenvalue weighted by Crippen LogP contribution is 2.42. The maximum Gasteiger partial charge on any atom is 0.147 e. The Bertz CT molecular complexity index is 2770. The van der Waals surface area contributed by atoms with Crippen molar-refractivity contribution in [2.75, 3.05) is 7.05 Å². The van der Waals surface area contributed by atoms with Crippen molar-refractivity contribution in [1.82, 2.24) is 9.88 Å². The van der Waals surface area contributed by atoms with E-state index in [9.17, 15) is 0 Å². The number of rotatable bonds is 5. The standard InChI is InChI=1S/C49H39N3O/c1-52-44(33-15-4-2-5-16-33)29-28-42(51-49(52)34-17-6-3-7-18-34)36-20-12-21-37(30-36)47-46-40-23-10-11-25-45(40)53-48(46)41-31-35(26-27-43(41)50-47)39-24-13-19-32-14-8-9-22-38(32)39/h2,4-5,8-16,19-27,29-31,34,44H,3,6-7,17-18H2,1H3/t44-/m0/s1. The third-order valence-corrected chi connectivity index (χ3v) is 11.3. The minimum absolute atomic E-state index is 0.0652. The molecule has 1 fully saturated rings. The Kier molecular flexibility index (Phi) is 7.78. The van der Waals surface area contributed by atoms with E-state index < -0.39 is 0 Å². The molecule has 3 heterocycles. The van der Waals surface area contributed by atoms with Crippen molar-refractivity contribution in [3.63, 3.8) is 0 Å². The molecule has 1 aliphatic heterocycles. The highest BCUT2D eigenvalue weighted by atomic mass is 16.3. The molecule has 0 unspecified atom stereocenters. The number of aromatic nitrogens is 1. The molecule has 1 atom stereocenters. The summed E-state index contributed by atoms with van der Waals surface area (Å²) < 4.78 is 6.73. The number of nitrogens with zero attached hydrogens (tertiary/aromatic N) is 3. The van der Waals surface area contributed by atoms with Gasteiger partial charge >= 0.3 is 0 Å². The summed E-state index contributed by atoms with van der Waals surface area (Å²) in [5.74, 6) is 1.60. The molecule has 1 saturated carbocycles. The number of hydrogen-bond donors (Lipinski definition) is 0. The van der Waals surface area contributed by atoms with Gasteiger partial charge in [0.05, 0.1) is 22.6 Å². The molecule has 10 rings (SSSR count). The molecular formula is C49H39N3O. The zero-order valence-electron chi connectivity index (χ0n) is 29.8. The topological polar surface area (TPSA) is 41.6 Å². The van der Waals surface area contributed by atoms with Crippen LogP contribution in [0.25, 0.3) is 71.7 Å². The van der Waals surface area contributed by atoms with Crippen LogP contribution in [0.4, 0.5) is 0 Å². The Labute approximate surface area is 309 Å². The molecule has 6 aromatic carbocycles. The van der Waals surface area contributed by atoms with Gasteiger partial charge in [-0.2, -0.15) is 0 Å². The van der Waals surface area contributed by atoms with Gasteiger partial charge in [0.25, 0.3) is 0 Å². The van der Waals surface area contributed by atoms with Crippen molar-refractivity contribution >= 4 is 55.1 Å². The highest BCUT2D eigenvalue weighted by Gasteiger charge is 2.28. The fourth-order valence-corrected chi connectivity index (χ4v) is 8.63. The molecule has 0 radical (unpaired) electrons. The zero-order chi connectivity index (χ0) is 35.3. The minimum atomic E-state index is 0.0652. The molecule has 0 spiro atoms. The first kappa shape index (κ1) is 31.5. The lowest BCUT2D eigenvalue weighted by Crippen LogP contribution is -2.36. The highest BCUT2D eigenvalue weighted by molar-refractivity contribution is 6.20. The number of amidine groups is 1. The lowest BCUT2D eigenvalue weighted by Gasteiger charge is -2.34. The number of fused-ring (bicyclic) bond motifs is 6. The van der Waals surface area contributed by atoms with E-state index in [1.54, 1.807) is 0 Å². The van der Waals surface area contributed by atoms with Crippen molar-refractivity contribution in [2.45, 2.75) is 38.1 Å². The second kappa shape index (κ2) is 13.1. The van der Waals surface area contributed by atoms with Gasteiger partial charge in [-0.3, -0.25) is 0 Å². The average molecular weight is 686 g/mol. The average Bonchev–Trinajstić information content (AvgIpc) is 3.53. The van der Waals surface area contributed by atoms with Crippen LogP contribution in [0.1, 0.15) is 49.3 Å². The monoisotopic (exact) mass is 685 g/mol. The summed E-state index contributed by atoms with van der Waals surface area (Å²) in [6.07, 6.45) is 8.35. The first-order valence-electron chi connectivity index (χ1n) is 18.9. The van der Waals surface area contributed by atoms with Gasteiger partial charge in [-0.15, -0.1) is 0 Å². The Morgan fingerprint density at radius 2 is 1.42 bits per heavy atom. The summed E-state index contributed by atoms with van der Waals surface area (Å²) in [6.45, 7) is 0. The molecule has 0 amide bonds. The number of para-hydroxylation sites is 1. The summed E-state index contributed by atoms with van der Waals surface area (Å²) in [5.41, 5.74) is 13.7. The molecule has 2 aliphatic rings. The van der Waals surface area contributed by atoms with E-state index >= 15 is 0 Å². The van der Waals surface area contributed by atoms with E-state index in [2.05, 4.69) is 157 Å². The second-order valence-electron chi connectivity index (χ2n) is 14.5. The van der Waals surface area contributed by atoms with Crippen LogP contribution in [-0.4, -0.2) is 22.8 Å². The number of aliphatic imine (C=N–C) groups is 1. The number of hydrogen-bond acceptors (Lipinski definition) is 4. The predicted molar refractivity (Wildman–Crippen MR) is 220 cm³/mol. The lowest BCUT2D eigenvalue weighted by atomic mass is 9.87. The van der Waals surface area contributed by atoms with Gasteiger partial charge in [-0.05, 0) is 70.6 Å². The first-order valence-corrected chi connectivity index (χ1v) is 18.9. The van der Waals surface area contributed by atoms with Crippen LogP contribution in [0.2, 0.25) is 0 Å². The van der Waals surface area contributed by atoms with E-state index in [0.29, 0.717) is 5.92 Å². The predicted octanol–water partition coefficient (Wildman–Crippen LogP) is 12.8. The van der Waals surface area contributed by atoms with Crippen LogP contribution in [-0.2, 0) is 0 Å². The molecule has 8 aromatic rings. The Hall–Kier alpha value is -6.22. The smallest absolute Gasteiger partial charge is 0.147 e.